The lowest BCUT2D eigenvalue weighted by molar-refractivity contribution is 0.104. The largest absolute Gasteiger partial charge is 0.289 e. The number of halogens is 1. The van der Waals surface area contributed by atoms with E-state index in [1.807, 2.05) is 0 Å². The summed E-state index contributed by atoms with van der Waals surface area (Å²) in [4.78, 5) is 11.2. The SMILES string of the molecule is C=CC(=O)c1c(C)cc(C)cc1F. The molecule has 0 fully saturated rings. The monoisotopic (exact) mass is 178 g/mol. The molecule has 1 aromatic carbocycles. The van der Waals surface area contributed by atoms with Crippen molar-refractivity contribution in [3.63, 3.8) is 0 Å². The Morgan fingerprint density at radius 3 is 2.54 bits per heavy atom. The zero-order chi connectivity index (χ0) is 10.0. The molecule has 0 aliphatic carbocycles. The lowest BCUT2D eigenvalue weighted by Crippen LogP contribution is -2.02. The van der Waals surface area contributed by atoms with Crippen LogP contribution in [0.5, 0.6) is 0 Å². The number of allylic oxidation sites excluding steroid dienone is 1. The zero-order valence-corrected chi connectivity index (χ0v) is 7.73. The Kier molecular flexibility index (Phi) is 2.61. The van der Waals surface area contributed by atoms with Gasteiger partial charge in [0.05, 0.1) is 5.56 Å². The fourth-order valence-electron chi connectivity index (χ4n) is 1.33. The smallest absolute Gasteiger partial charge is 0.188 e. The molecule has 0 atom stereocenters. The van der Waals surface area contributed by atoms with Crippen LogP contribution < -0.4 is 0 Å². The van der Waals surface area contributed by atoms with Gasteiger partial charge in [0.2, 0.25) is 0 Å². The Bertz CT molecular complexity index is 343. The highest BCUT2D eigenvalue weighted by Gasteiger charge is 2.11. The van der Waals surface area contributed by atoms with Gasteiger partial charge in [-0.2, -0.15) is 0 Å². The van der Waals surface area contributed by atoms with E-state index >= 15 is 0 Å². The summed E-state index contributed by atoms with van der Waals surface area (Å²) in [6.07, 6.45) is 1.13. The van der Waals surface area contributed by atoms with Crippen LogP contribution in [-0.2, 0) is 0 Å². The first kappa shape index (κ1) is 9.65. The minimum atomic E-state index is -0.470. The molecule has 0 saturated heterocycles. The van der Waals surface area contributed by atoms with Gasteiger partial charge < -0.3 is 0 Å². The lowest BCUT2D eigenvalue weighted by atomic mass is 10.0. The van der Waals surface area contributed by atoms with Crippen molar-refractivity contribution in [1.82, 2.24) is 0 Å². The van der Waals surface area contributed by atoms with Crippen LogP contribution in [0.4, 0.5) is 4.39 Å². The maximum absolute atomic E-state index is 13.3. The van der Waals surface area contributed by atoms with Crippen molar-refractivity contribution < 1.29 is 9.18 Å². The fourth-order valence-corrected chi connectivity index (χ4v) is 1.33. The van der Waals surface area contributed by atoms with E-state index in [4.69, 9.17) is 0 Å². The molecule has 68 valence electrons. The number of benzene rings is 1. The second-order valence-electron chi connectivity index (χ2n) is 3.01. The van der Waals surface area contributed by atoms with Gasteiger partial charge in [0.15, 0.2) is 5.78 Å². The molecule has 0 aliphatic heterocycles. The number of rotatable bonds is 2. The van der Waals surface area contributed by atoms with Gasteiger partial charge in [-0.15, -0.1) is 0 Å². The predicted molar refractivity (Wildman–Crippen MR) is 50.4 cm³/mol. The van der Waals surface area contributed by atoms with Crippen LogP contribution in [-0.4, -0.2) is 5.78 Å². The Hall–Kier alpha value is -1.44. The molecule has 0 amide bonds. The molecule has 0 bridgehead atoms. The normalized spacial score (nSPS) is 9.77. The van der Waals surface area contributed by atoms with Crippen molar-refractivity contribution in [3.8, 4) is 0 Å². The summed E-state index contributed by atoms with van der Waals surface area (Å²) in [6.45, 7) is 6.83. The van der Waals surface area contributed by atoms with Gasteiger partial charge >= 0.3 is 0 Å². The average Bonchev–Trinajstić information content (AvgIpc) is 2.02. The van der Waals surface area contributed by atoms with Gasteiger partial charge in [-0.05, 0) is 37.1 Å². The topological polar surface area (TPSA) is 17.1 Å². The molecular weight excluding hydrogens is 167 g/mol. The van der Waals surface area contributed by atoms with E-state index in [2.05, 4.69) is 6.58 Å². The van der Waals surface area contributed by atoms with Gasteiger partial charge in [0.1, 0.15) is 5.82 Å². The summed E-state index contributed by atoms with van der Waals surface area (Å²) in [5, 5.41) is 0. The van der Waals surface area contributed by atoms with E-state index in [1.165, 1.54) is 6.07 Å². The molecule has 0 N–H and O–H groups in total. The van der Waals surface area contributed by atoms with Crippen LogP contribution in [0.25, 0.3) is 0 Å². The molecule has 1 rings (SSSR count). The van der Waals surface area contributed by atoms with E-state index in [0.717, 1.165) is 11.6 Å². The van der Waals surface area contributed by atoms with Crippen LogP contribution in [0.3, 0.4) is 0 Å². The highest BCUT2D eigenvalue weighted by Crippen LogP contribution is 2.16. The van der Waals surface area contributed by atoms with Crippen LogP contribution in [0.15, 0.2) is 24.8 Å². The Balaban J connectivity index is 3.36. The molecule has 0 aromatic heterocycles. The summed E-state index contributed by atoms with van der Waals surface area (Å²) < 4.78 is 13.3. The molecule has 0 saturated carbocycles. The maximum atomic E-state index is 13.3. The van der Waals surface area contributed by atoms with Crippen molar-refractivity contribution in [3.05, 3.63) is 47.3 Å². The minimum Gasteiger partial charge on any atom is -0.289 e. The molecule has 0 aliphatic rings. The second kappa shape index (κ2) is 3.52. The van der Waals surface area contributed by atoms with Crippen LogP contribution >= 0.6 is 0 Å². The van der Waals surface area contributed by atoms with Crippen molar-refractivity contribution >= 4 is 5.78 Å². The highest BCUT2D eigenvalue weighted by molar-refractivity contribution is 6.05. The number of aryl methyl sites for hydroxylation is 2. The molecule has 0 radical (unpaired) electrons. The summed E-state index contributed by atoms with van der Waals surface area (Å²) >= 11 is 0. The van der Waals surface area contributed by atoms with Crippen molar-refractivity contribution in [2.24, 2.45) is 0 Å². The highest BCUT2D eigenvalue weighted by atomic mass is 19.1. The van der Waals surface area contributed by atoms with Crippen molar-refractivity contribution in [2.75, 3.05) is 0 Å². The first-order chi connectivity index (χ1) is 6.06. The van der Waals surface area contributed by atoms with Gasteiger partial charge in [-0.1, -0.05) is 12.6 Å². The van der Waals surface area contributed by atoms with Crippen molar-refractivity contribution in [1.29, 1.82) is 0 Å². The Morgan fingerprint density at radius 2 is 2.08 bits per heavy atom. The van der Waals surface area contributed by atoms with E-state index in [1.54, 1.807) is 19.9 Å². The summed E-state index contributed by atoms with van der Waals surface area (Å²) in [5.41, 5.74) is 1.60. The third-order valence-corrected chi connectivity index (χ3v) is 1.86. The number of hydrogen-bond acceptors (Lipinski definition) is 1. The average molecular weight is 178 g/mol. The Labute approximate surface area is 76.9 Å². The van der Waals surface area contributed by atoms with Crippen LogP contribution in [0.1, 0.15) is 21.5 Å². The number of carbonyl (C=O) groups excluding carboxylic acids is 1. The second-order valence-corrected chi connectivity index (χ2v) is 3.01. The number of ketones is 1. The number of carbonyl (C=O) groups is 1. The molecule has 2 heteroatoms. The first-order valence-electron chi connectivity index (χ1n) is 3.99. The fraction of sp³-hybridized carbons (Fsp3) is 0.182. The minimum absolute atomic E-state index is 0.126. The van der Waals surface area contributed by atoms with E-state index in [-0.39, 0.29) is 11.3 Å². The molecular formula is C11H11FO. The number of hydrogen-bond donors (Lipinski definition) is 0. The third kappa shape index (κ3) is 1.83. The summed E-state index contributed by atoms with van der Waals surface area (Å²) in [5.74, 6) is -0.836. The maximum Gasteiger partial charge on any atom is 0.188 e. The zero-order valence-electron chi connectivity index (χ0n) is 7.73. The van der Waals surface area contributed by atoms with Gasteiger partial charge in [0.25, 0.3) is 0 Å². The van der Waals surface area contributed by atoms with E-state index in [9.17, 15) is 9.18 Å². The third-order valence-electron chi connectivity index (χ3n) is 1.86. The summed E-state index contributed by atoms with van der Waals surface area (Å²) in [6, 6.07) is 3.13. The van der Waals surface area contributed by atoms with E-state index < -0.39 is 5.82 Å². The first-order valence-corrected chi connectivity index (χ1v) is 3.99. The summed E-state index contributed by atoms with van der Waals surface area (Å²) in [7, 11) is 0. The quantitative estimate of drug-likeness (QED) is 0.502. The van der Waals surface area contributed by atoms with Crippen LogP contribution in [0, 0.1) is 19.7 Å². The molecule has 0 heterocycles. The van der Waals surface area contributed by atoms with Gasteiger partial charge in [0, 0.05) is 0 Å². The molecule has 1 aromatic rings. The van der Waals surface area contributed by atoms with Crippen molar-refractivity contribution in [2.45, 2.75) is 13.8 Å². The lowest BCUT2D eigenvalue weighted by Gasteiger charge is -2.04. The molecule has 13 heavy (non-hydrogen) atoms. The molecule has 0 unspecified atom stereocenters. The standard InChI is InChI=1S/C11H11FO/c1-4-10(13)11-8(3)5-7(2)6-9(11)12/h4-6H,1H2,2-3H3. The molecule has 0 spiro atoms. The Morgan fingerprint density at radius 1 is 1.46 bits per heavy atom. The van der Waals surface area contributed by atoms with E-state index in [0.29, 0.717) is 5.56 Å². The van der Waals surface area contributed by atoms with Crippen LogP contribution in [0.2, 0.25) is 0 Å². The van der Waals surface area contributed by atoms with Gasteiger partial charge in [-0.25, -0.2) is 4.39 Å². The van der Waals surface area contributed by atoms with Gasteiger partial charge in [-0.3, -0.25) is 4.79 Å². The predicted octanol–water partition coefficient (Wildman–Crippen LogP) is 2.81. The molecule has 1 nitrogen and oxygen atoms in total.